The fourth-order valence-corrected chi connectivity index (χ4v) is 1.99. The first-order valence-corrected chi connectivity index (χ1v) is 5.46. The van der Waals surface area contributed by atoms with E-state index in [-0.39, 0.29) is 0 Å². The van der Waals surface area contributed by atoms with Crippen LogP contribution in [0.1, 0.15) is 0 Å². The predicted octanol–water partition coefficient (Wildman–Crippen LogP) is 3.62. The van der Waals surface area contributed by atoms with Crippen LogP contribution in [0.25, 0.3) is 11.4 Å². The van der Waals surface area contributed by atoms with Gasteiger partial charge in [0.1, 0.15) is 0 Å². The Morgan fingerprint density at radius 2 is 2.08 bits per heavy atom. The van der Waals surface area contributed by atoms with Crippen molar-refractivity contribution in [1.29, 1.82) is 0 Å². The van der Waals surface area contributed by atoms with Gasteiger partial charge in [0.15, 0.2) is 9.74 Å². The van der Waals surface area contributed by atoms with Crippen LogP contribution in [-0.2, 0) is 0 Å². The van der Waals surface area contributed by atoms with Crippen LogP contribution in [0.15, 0.2) is 28.2 Å². The normalized spacial score (nSPS) is 10.3. The van der Waals surface area contributed by atoms with E-state index in [1.807, 2.05) is 24.3 Å². The number of benzene rings is 1. The zero-order valence-electron chi connectivity index (χ0n) is 6.37. The van der Waals surface area contributed by atoms with Crippen LogP contribution in [0.4, 0.5) is 0 Å². The van der Waals surface area contributed by atoms with Gasteiger partial charge in [-0.15, -0.1) is 0 Å². The Balaban J connectivity index is 2.52. The maximum absolute atomic E-state index is 5.98. The summed E-state index contributed by atoms with van der Waals surface area (Å²) in [5.41, 5.74) is 0.867. The lowest BCUT2D eigenvalue weighted by Gasteiger charge is -1.96. The van der Waals surface area contributed by atoms with Crippen molar-refractivity contribution in [3.05, 3.63) is 33.2 Å². The van der Waals surface area contributed by atoms with Gasteiger partial charge in [-0.1, -0.05) is 23.7 Å². The Bertz CT molecular complexity index is 430. The van der Waals surface area contributed by atoms with Gasteiger partial charge in [-0.25, -0.2) is 4.98 Å². The lowest BCUT2D eigenvalue weighted by atomic mass is 10.2. The molecule has 1 heterocycles. The Labute approximate surface area is 92.9 Å². The van der Waals surface area contributed by atoms with Crippen molar-refractivity contribution in [2.75, 3.05) is 0 Å². The highest BCUT2D eigenvalue weighted by Crippen LogP contribution is 2.27. The highest BCUT2D eigenvalue weighted by molar-refractivity contribution is 9.11. The van der Waals surface area contributed by atoms with Crippen LogP contribution in [-0.4, -0.2) is 9.36 Å². The average Bonchev–Trinajstić information content (AvgIpc) is 2.53. The Morgan fingerprint density at radius 3 is 2.69 bits per heavy atom. The van der Waals surface area contributed by atoms with Gasteiger partial charge in [-0.3, -0.25) is 0 Å². The number of hydrogen-bond acceptors (Lipinski definition) is 3. The maximum Gasteiger partial charge on any atom is 0.179 e. The number of aromatic nitrogens is 2. The van der Waals surface area contributed by atoms with Crippen molar-refractivity contribution in [2.24, 2.45) is 0 Å². The average molecular weight is 276 g/mol. The number of halogens is 2. The number of nitrogens with zero attached hydrogens (tertiary/aromatic N) is 2. The van der Waals surface area contributed by atoms with Gasteiger partial charge in [0.2, 0.25) is 0 Å². The molecule has 0 aliphatic carbocycles. The first-order valence-electron chi connectivity index (χ1n) is 3.51. The molecular formula is C8H4BrClN2S. The largest absolute Gasteiger partial charge is 0.208 e. The second-order valence-corrected chi connectivity index (χ2v) is 4.79. The first-order chi connectivity index (χ1) is 6.27. The molecule has 0 aliphatic rings. The molecule has 0 N–H and O–H groups in total. The first kappa shape index (κ1) is 9.12. The molecule has 1 aromatic carbocycles. The van der Waals surface area contributed by atoms with Crippen LogP contribution < -0.4 is 0 Å². The summed E-state index contributed by atoms with van der Waals surface area (Å²) in [5, 5.41) is 0.674. The highest BCUT2D eigenvalue weighted by atomic mass is 79.9. The third kappa shape index (κ3) is 1.90. The fraction of sp³-hybridized carbons (Fsp3) is 0. The molecule has 0 bridgehead atoms. The summed E-state index contributed by atoms with van der Waals surface area (Å²) in [7, 11) is 0. The van der Waals surface area contributed by atoms with Gasteiger partial charge in [-0.05, 0) is 39.6 Å². The summed E-state index contributed by atoms with van der Waals surface area (Å²) in [5.74, 6) is 0.669. The van der Waals surface area contributed by atoms with Crippen LogP contribution in [0.2, 0.25) is 5.02 Å². The van der Waals surface area contributed by atoms with Crippen LogP contribution in [0, 0.1) is 0 Å². The molecule has 2 aromatic rings. The van der Waals surface area contributed by atoms with Crippen LogP contribution >= 0.6 is 39.1 Å². The van der Waals surface area contributed by atoms with Gasteiger partial charge in [0.25, 0.3) is 0 Å². The minimum Gasteiger partial charge on any atom is -0.208 e. The third-order valence-electron chi connectivity index (χ3n) is 1.52. The summed E-state index contributed by atoms with van der Waals surface area (Å²) in [6.07, 6.45) is 0. The second-order valence-electron chi connectivity index (χ2n) is 2.35. The summed E-state index contributed by atoms with van der Waals surface area (Å²) in [6, 6.07) is 7.52. The zero-order chi connectivity index (χ0) is 9.26. The lowest BCUT2D eigenvalue weighted by Crippen LogP contribution is -1.80. The fourth-order valence-electron chi connectivity index (χ4n) is 0.957. The summed E-state index contributed by atoms with van der Waals surface area (Å²) in [6.45, 7) is 0. The molecule has 1 aromatic heterocycles. The molecule has 5 heteroatoms. The van der Waals surface area contributed by atoms with E-state index < -0.39 is 0 Å². The smallest absolute Gasteiger partial charge is 0.179 e. The molecule has 0 amide bonds. The van der Waals surface area contributed by atoms with E-state index in [9.17, 15) is 0 Å². The highest BCUT2D eigenvalue weighted by Gasteiger charge is 2.07. The van der Waals surface area contributed by atoms with Gasteiger partial charge in [0.05, 0.1) is 5.02 Å². The number of hydrogen-bond donors (Lipinski definition) is 0. The SMILES string of the molecule is Clc1ccccc1-c1nsc(Br)n1. The topological polar surface area (TPSA) is 25.8 Å². The number of rotatable bonds is 1. The van der Waals surface area contributed by atoms with Gasteiger partial charge < -0.3 is 0 Å². The zero-order valence-corrected chi connectivity index (χ0v) is 9.53. The van der Waals surface area contributed by atoms with Crippen molar-refractivity contribution in [1.82, 2.24) is 9.36 Å². The van der Waals surface area contributed by atoms with E-state index in [1.165, 1.54) is 11.5 Å². The molecule has 0 fully saturated rings. The van der Waals surface area contributed by atoms with E-state index in [0.717, 1.165) is 9.48 Å². The van der Waals surface area contributed by atoms with Crippen molar-refractivity contribution in [3.63, 3.8) is 0 Å². The molecule has 0 saturated carbocycles. The van der Waals surface area contributed by atoms with Gasteiger partial charge in [0, 0.05) is 5.56 Å². The van der Waals surface area contributed by atoms with E-state index >= 15 is 0 Å². The van der Waals surface area contributed by atoms with Crippen LogP contribution in [0.5, 0.6) is 0 Å². The van der Waals surface area contributed by atoms with E-state index in [2.05, 4.69) is 25.3 Å². The quantitative estimate of drug-likeness (QED) is 0.794. The van der Waals surface area contributed by atoms with Crippen molar-refractivity contribution < 1.29 is 0 Å². The molecule has 0 spiro atoms. The van der Waals surface area contributed by atoms with Gasteiger partial charge >= 0.3 is 0 Å². The molecule has 0 unspecified atom stereocenters. The molecule has 13 heavy (non-hydrogen) atoms. The van der Waals surface area contributed by atoms with Crippen LogP contribution in [0.3, 0.4) is 0 Å². The summed E-state index contributed by atoms with van der Waals surface area (Å²) < 4.78 is 4.91. The molecule has 2 rings (SSSR count). The molecule has 2 nitrogen and oxygen atoms in total. The Morgan fingerprint density at radius 1 is 1.31 bits per heavy atom. The minimum absolute atomic E-state index is 0.669. The summed E-state index contributed by atoms with van der Waals surface area (Å²) in [4.78, 5) is 4.18. The molecule has 0 atom stereocenters. The van der Waals surface area contributed by atoms with E-state index in [0.29, 0.717) is 10.8 Å². The van der Waals surface area contributed by atoms with Crippen molar-refractivity contribution in [2.45, 2.75) is 0 Å². The second kappa shape index (κ2) is 3.74. The molecule has 0 saturated heterocycles. The Hall–Kier alpha value is -0.450. The molecule has 66 valence electrons. The maximum atomic E-state index is 5.98. The lowest BCUT2D eigenvalue weighted by molar-refractivity contribution is 1.30. The van der Waals surface area contributed by atoms with E-state index in [4.69, 9.17) is 11.6 Å². The molecular weight excluding hydrogens is 272 g/mol. The van der Waals surface area contributed by atoms with Crippen molar-refractivity contribution >= 4 is 39.1 Å². The molecule has 0 aliphatic heterocycles. The van der Waals surface area contributed by atoms with Crippen molar-refractivity contribution in [3.8, 4) is 11.4 Å². The Kier molecular flexibility index (Phi) is 2.62. The summed E-state index contributed by atoms with van der Waals surface area (Å²) >= 11 is 10.5. The third-order valence-corrected chi connectivity index (χ3v) is 2.96. The van der Waals surface area contributed by atoms with Gasteiger partial charge in [-0.2, -0.15) is 4.37 Å². The predicted molar refractivity (Wildman–Crippen MR) is 58.1 cm³/mol. The monoisotopic (exact) mass is 274 g/mol. The standard InChI is InChI=1S/C8H4BrClN2S/c9-8-11-7(12-13-8)5-3-1-2-4-6(5)10/h1-4H. The van der Waals surface area contributed by atoms with E-state index in [1.54, 1.807) is 0 Å². The molecule has 0 radical (unpaired) electrons. The minimum atomic E-state index is 0.669.